The SMILES string of the molecule is COc1ccc(/C(=C(\c2ccccc2)c2ccc(-c3c4c(c(-c5ccc(/C(=C(\c6ccccc6)c6ccc(OC)cc6)c6ccccc6)cc5)c5nsnc35)N=S=N4)cc2)c2ccccc2)cc1. The molecule has 11 rings (SSSR count). The fraction of sp³-hybridized carbons (Fsp3) is 0.0333. The monoisotopic (exact) mass is 914 g/mol. The summed E-state index contributed by atoms with van der Waals surface area (Å²) >= 11 is 2.43. The maximum atomic E-state index is 5.55. The summed E-state index contributed by atoms with van der Waals surface area (Å²) in [6.07, 6.45) is 0. The van der Waals surface area contributed by atoms with Gasteiger partial charge in [0.05, 0.1) is 37.3 Å². The van der Waals surface area contributed by atoms with Gasteiger partial charge in [0, 0.05) is 11.1 Å². The van der Waals surface area contributed by atoms with Crippen molar-refractivity contribution in [2.24, 2.45) is 8.73 Å². The summed E-state index contributed by atoms with van der Waals surface area (Å²) in [5, 5.41) is 0. The Balaban J connectivity index is 1.03. The Morgan fingerprint density at radius 3 is 0.868 bits per heavy atom. The summed E-state index contributed by atoms with van der Waals surface area (Å²) in [7, 11) is 3.39. The Bertz CT molecular complexity index is 3320. The Labute approximate surface area is 403 Å². The van der Waals surface area contributed by atoms with Crippen LogP contribution in [0.15, 0.2) is 227 Å². The molecule has 8 heteroatoms. The number of rotatable bonds is 12. The topological polar surface area (TPSA) is 69.0 Å². The molecule has 0 saturated carbocycles. The predicted octanol–water partition coefficient (Wildman–Crippen LogP) is 15.8. The lowest BCUT2D eigenvalue weighted by Gasteiger charge is -2.19. The van der Waals surface area contributed by atoms with Crippen LogP contribution >= 0.6 is 11.7 Å². The molecule has 1 aromatic heterocycles. The van der Waals surface area contributed by atoms with E-state index in [1.807, 2.05) is 24.3 Å². The molecule has 9 aromatic carbocycles. The lowest BCUT2D eigenvalue weighted by atomic mass is 9.84. The number of aromatic nitrogens is 2. The smallest absolute Gasteiger partial charge is 0.118 e. The third-order valence-electron chi connectivity index (χ3n) is 12.4. The second kappa shape index (κ2) is 18.9. The first-order valence-corrected chi connectivity index (χ1v) is 23.7. The quantitative estimate of drug-likeness (QED) is 0.115. The Kier molecular flexibility index (Phi) is 11.8. The second-order valence-electron chi connectivity index (χ2n) is 16.2. The standard InChI is InChI=1S/C60H42N4O2S2/c1-65-49-35-31-45(32-36-49)53(41-19-11-5-12-20-41)51(39-15-7-3-8-16-39)43-23-27-47(28-24-43)55-57-59(63-67-61-57)56(60-58(55)62-68-64-60)48-29-25-44(26-30-48)52(40-17-9-4-10-18-40)54(42-21-13-6-14-22-42)46-33-37-50(66-2)38-34-46/h3-38H,1-2H3/b53-51+,54-52+. The molecule has 0 bridgehead atoms. The van der Waals surface area contributed by atoms with Crippen LogP contribution in [0, 0.1) is 0 Å². The number of nitrogens with zero attached hydrogens (tertiary/aromatic N) is 4. The van der Waals surface area contributed by atoms with Crippen molar-refractivity contribution in [3.05, 3.63) is 263 Å². The normalized spacial score (nSPS) is 12.5. The predicted molar refractivity (Wildman–Crippen MR) is 282 cm³/mol. The molecule has 0 amide bonds. The number of hydrogen-bond donors (Lipinski definition) is 0. The van der Waals surface area contributed by atoms with Gasteiger partial charge in [-0.15, -0.1) is 0 Å². The van der Waals surface area contributed by atoms with E-state index in [9.17, 15) is 0 Å². The summed E-state index contributed by atoms with van der Waals surface area (Å²) in [6, 6.07) is 76.6. The highest BCUT2D eigenvalue weighted by atomic mass is 32.1. The van der Waals surface area contributed by atoms with E-state index in [4.69, 9.17) is 26.9 Å². The minimum atomic E-state index is 0.805. The largest absolute Gasteiger partial charge is 0.497 e. The highest BCUT2D eigenvalue weighted by Crippen LogP contribution is 2.52. The Morgan fingerprint density at radius 1 is 0.324 bits per heavy atom. The van der Waals surface area contributed by atoms with E-state index in [1.165, 1.54) is 23.1 Å². The van der Waals surface area contributed by atoms with E-state index in [0.29, 0.717) is 0 Å². The van der Waals surface area contributed by atoms with Crippen LogP contribution in [0.1, 0.15) is 44.5 Å². The highest BCUT2D eigenvalue weighted by Gasteiger charge is 2.27. The molecular formula is C60H42N4O2S2. The lowest BCUT2D eigenvalue weighted by Crippen LogP contribution is -1.98. The van der Waals surface area contributed by atoms with Crippen molar-refractivity contribution in [1.29, 1.82) is 0 Å². The van der Waals surface area contributed by atoms with Crippen LogP contribution < -0.4 is 9.47 Å². The van der Waals surface area contributed by atoms with Gasteiger partial charge in [-0.2, -0.15) is 17.5 Å². The summed E-state index contributed by atoms with van der Waals surface area (Å²) in [5.41, 5.74) is 20.4. The van der Waals surface area contributed by atoms with E-state index in [2.05, 4.69) is 194 Å². The molecule has 68 heavy (non-hydrogen) atoms. The van der Waals surface area contributed by atoms with Gasteiger partial charge in [-0.1, -0.05) is 194 Å². The van der Waals surface area contributed by atoms with Crippen LogP contribution in [0.25, 0.3) is 55.6 Å². The van der Waals surface area contributed by atoms with Crippen molar-refractivity contribution < 1.29 is 9.47 Å². The van der Waals surface area contributed by atoms with Gasteiger partial charge in [0.2, 0.25) is 0 Å². The van der Waals surface area contributed by atoms with Crippen molar-refractivity contribution in [3.8, 4) is 33.8 Å². The molecule has 0 fully saturated rings. The Hall–Kier alpha value is -8.30. The zero-order valence-corrected chi connectivity index (χ0v) is 38.8. The molecule has 6 nitrogen and oxygen atoms in total. The van der Waals surface area contributed by atoms with Gasteiger partial charge >= 0.3 is 0 Å². The first kappa shape index (κ1) is 42.3. The molecule has 0 unspecified atom stereocenters. The molecular weight excluding hydrogens is 873 g/mol. The molecule has 1 aliphatic heterocycles. The van der Waals surface area contributed by atoms with Crippen LogP contribution in [0.5, 0.6) is 11.5 Å². The van der Waals surface area contributed by atoms with Gasteiger partial charge in [0.25, 0.3) is 0 Å². The van der Waals surface area contributed by atoms with Gasteiger partial charge < -0.3 is 9.47 Å². The average Bonchev–Trinajstić information content (AvgIpc) is 4.11. The third-order valence-corrected chi connectivity index (χ3v) is 13.4. The number of hydrogen-bond acceptors (Lipinski definition) is 7. The van der Waals surface area contributed by atoms with Crippen LogP contribution in [-0.4, -0.2) is 23.0 Å². The molecule has 0 spiro atoms. The van der Waals surface area contributed by atoms with Crippen LogP contribution in [-0.2, 0) is 11.4 Å². The third kappa shape index (κ3) is 8.06. The van der Waals surface area contributed by atoms with Gasteiger partial charge in [0.1, 0.15) is 33.9 Å². The first-order valence-electron chi connectivity index (χ1n) is 22.3. The maximum absolute atomic E-state index is 5.55. The molecule has 10 aromatic rings. The van der Waals surface area contributed by atoms with Crippen molar-refractivity contribution in [2.45, 2.75) is 0 Å². The Morgan fingerprint density at radius 2 is 0.588 bits per heavy atom. The summed E-state index contributed by atoms with van der Waals surface area (Å²) < 4.78 is 30.9. The van der Waals surface area contributed by atoms with Gasteiger partial charge in [-0.05, 0) is 102 Å². The molecule has 326 valence electrons. The van der Waals surface area contributed by atoms with Crippen molar-refractivity contribution in [2.75, 3.05) is 14.2 Å². The van der Waals surface area contributed by atoms with E-state index in [0.717, 1.165) is 123 Å². The fourth-order valence-electron chi connectivity index (χ4n) is 9.17. The summed E-state index contributed by atoms with van der Waals surface area (Å²) in [4.78, 5) is 0. The van der Waals surface area contributed by atoms with Crippen LogP contribution in [0.3, 0.4) is 0 Å². The summed E-state index contributed by atoms with van der Waals surface area (Å²) in [5.74, 6) is 1.63. The van der Waals surface area contributed by atoms with Gasteiger partial charge in [-0.25, -0.2) is 0 Å². The van der Waals surface area contributed by atoms with Gasteiger partial charge in [0.15, 0.2) is 0 Å². The zero-order chi connectivity index (χ0) is 45.8. The number of ether oxygens (including phenoxy) is 2. The van der Waals surface area contributed by atoms with Crippen molar-refractivity contribution >= 4 is 67.8 Å². The second-order valence-corrected chi connectivity index (χ2v) is 17.3. The highest BCUT2D eigenvalue weighted by molar-refractivity contribution is 7.58. The van der Waals surface area contributed by atoms with Crippen LogP contribution in [0.2, 0.25) is 0 Å². The van der Waals surface area contributed by atoms with E-state index in [-0.39, 0.29) is 0 Å². The van der Waals surface area contributed by atoms with E-state index in [1.54, 1.807) is 14.2 Å². The number of benzene rings is 9. The van der Waals surface area contributed by atoms with Crippen molar-refractivity contribution in [3.63, 3.8) is 0 Å². The molecule has 0 radical (unpaired) electrons. The fourth-order valence-corrected chi connectivity index (χ4v) is 10.3. The minimum Gasteiger partial charge on any atom is -0.497 e. The number of methoxy groups -OCH3 is 2. The molecule has 0 aliphatic carbocycles. The molecule has 1 aliphatic rings. The summed E-state index contributed by atoms with van der Waals surface area (Å²) in [6.45, 7) is 0. The lowest BCUT2D eigenvalue weighted by molar-refractivity contribution is 0.414. The van der Waals surface area contributed by atoms with Crippen LogP contribution in [0.4, 0.5) is 11.4 Å². The number of fused-ring (bicyclic) bond motifs is 2. The first-order chi connectivity index (χ1) is 33.7. The maximum Gasteiger partial charge on any atom is 0.118 e. The van der Waals surface area contributed by atoms with E-state index < -0.39 is 0 Å². The zero-order valence-electron chi connectivity index (χ0n) is 37.2. The molecule has 0 atom stereocenters. The molecule has 0 saturated heterocycles. The molecule has 0 N–H and O–H groups in total. The van der Waals surface area contributed by atoms with E-state index >= 15 is 0 Å². The van der Waals surface area contributed by atoms with Gasteiger partial charge in [-0.3, -0.25) is 0 Å². The minimum absolute atomic E-state index is 0.805. The average molecular weight is 915 g/mol. The molecule has 2 heterocycles. The van der Waals surface area contributed by atoms with Crippen molar-refractivity contribution in [1.82, 2.24) is 8.75 Å².